The van der Waals surface area contributed by atoms with Gasteiger partial charge in [-0.3, -0.25) is 9.59 Å². The lowest BCUT2D eigenvalue weighted by molar-refractivity contribution is -0.135. The minimum Gasteiger partial charge on any atom is -0.387 e. The Labute approximate surface area is 200 Å². The fourth-order valence-corrected chi connectivity index (χ4v) is 4.88. The van der Waals surface area contributed by atoms with Gasteiger partial charge in [-0.05, 0) is 36.6 Å². The van der Waals surface area contributed by atoms with Crippen LogP contribution in [0.15, 0.2) is 42.7 Å². The number of nitrogens with one attached hydrogen (secondary N) is 1. The first kappa shape index (κ1) is 23.2. The predicted molar refractivity (Wildman–Crippen MR) is 123 cm³/mol. The lowest BCUT2D eigenvalue weighted by Crippen LogP contribution is -2.47. The molecule has 1 aromatic carbocycles. The molecule has 5 rings (SSSR count). The summed E-state index contributed by atoms with van der Waals surface area (Å²) in [6, 6.07) is 7.36. The van der Waals surface area contributed by atoms with Gasteiger partial charge in [0.2, 0.25) is 5.91 Å². The molecule has 2 aliphatic heterocycles. The van der Waals surface area contributed by atoms with Crippen molar-refractivity contribution in [2.24, 2.45) is 0 Å². The summed E-state index contributed by atoms with van der Waals surface area (Å²) in [5.74, 6) is -0.544. The summed E-state index contributed by atoms with van der Waals surface area (Å²) in [5, 5.41) is 16.2. The van der Waals surface area contributed by atoms with Crippen LogP contribution in [0.2, 0.25) is 0 Å². The third-order valence-electron chi connectivity index (χ3n) is 6.69. The van der Waals surface area contributed by atoms with E-state index in [-0.39, 0.29) is 42.7 Å². The Morgan fingerprint density at radius 2 is 2.00 bits per heavy atom. The van der Waals surface area contributed by atoms with Gasteiger partial charge in [-0.15, -0.1) is 0 Å². The summed E-state index contributed by atoms with van der Waals surface area (Å²) in [7, 11) is 0. The molecule has 2 amide bonds. The number of halogens is 2. The maximum absolute atomic E-state index is 14.4. The summed E-state index contributed by atoms with van der Waals surface area (Å²) < 4.78 is 29.7. The van der Waals surface area contributed by atoms with Gasteiger partial charge in [0, 0.05) is 31.7 Å². The first-order chi connectivity index (χ1) is 16.9. The zero-order valence-electron chi connectivity index (χ0n) is 19.0. The van der Waals surface area contributed by atoms with Gasteiger partial charge in [0.25, 0.3) is 5.91 Å². The maximum Gasteiger partial charge on any atom is 0.256 e. The van der Waals surface area contributed by atoms with Crippen molar-refractivity contribution in [3.8, 4) is 0 Å². The fourth-order valence-electron chi connectivity index (χ4n) is 4.88. The number of likely N-dealkylation sites (tertiary alicyclic amines) is 1. The lowest BCUT2D eigenvalue weighted by Gasteiger charge is -2.32. The molecule has 0 aliphatic carbocycles. The van der Waals surface area contributed by atoms with Crippen LogP contribution in [-0.2, 0) is 4.79 Å². The second kappa shape index (κ2) is 9.57. The number of nitrogens with zero attached hydrogens (tertiary/aromatic N) is 5. The number of fused-ring (bicyclic) bond motifs is 1. The number of aliphatic hydroxyl groups excluding tert-OH is 1. The average Bonchev–Trinajstić information content (AvgIpc) is 3.47. The molecule has 0 saturated carbocycles. The molecule has 11 heteroatoms. The number of carbonyl (C=O) groups is 2. The second-order valence-electron chi connectivity index (χ2n) is 8.95. The molecule has 2 aliphatic rings. The molecule has 2 unspecified atom stereocenters. The van der Waals surface area contributed by atoms with Gasteiger partial charge in [-0.2, -0.15) is 5.10 Å². The van der Waals surface area contributed by atoms with E-state index in [0.717, 1.165) is 0 Å². The van der Waals surface area contributed by atoms with Crippen molar-refractivity contribution in [1.82, 2.24) is 24.8 Å². The van der Waals surface area contributed by atoms with Crippen LogP contribution in [0.3, 0.4) is 0 Å². The number of alkyl halides is 1. The van der Waals surface area contributed by atoms with E-state index in [4.69, 9.17) is 5.11 Å². The average molecular weight is 485 g/mol. The molecule has 9 nitrogen and oxygen atoms in total. The van der Waals surface area contributed by atoms with Gasteiger partial charge in [0.05, 0.1) is 18.8 Å². The van der Waals surface area contributed by atoms with Crippen LogP contribution in [0, 0.1) is 5.82 Å². The molecule has 35 heavy (non-hydrogen) atoms. The molecular formula is C24H26F2N6O3. The largest absolute Gasteiger partial charge is 0.387 e. The standard InChI is InChI=1S/C24H26F2N6O3/c25-16-3-1-2-15(10-16)20-11-17(26)13-31(20)21-6-9-32-23(29-21)19(12-27-32)24(35)28-18-4-7-30(8-5-18)22(34)14-33/h1-3,6,9-10,12,17-18,20,33H,4-5,7-8,11,13-14H2,(H,28,35). The SMILES string of the molecule is O=C(NC1CCN(C(=O)CO)CC1)c1cnn2ccc(N3CC(F)CC3c3cccc(F)c3)nc12. The van der Waals surface area contributed by atoms with Gasteiger partial charge in [-0.1, -0.05) is 12.1 Å². The predicted octanol–water partition coefficient (Wildman–Crippen LogP) is 1.87. The van der Waals surface area contributed by atoms with Gasteiger partial charge in [-0.25, -0.2) is 18.3 Å². The van der Waals surface area contributed by atoms with Gasteiger partial charge >= 0.3 is 0 Å². The highest BCUT2D eigenvalue weighted by molar-refractivity contribution is 6.00. The van der Waals surface area contributed by atoms with Crippen LogP contribution in [0.25, 0.3) is 5.65 Å². The first-order valence-electron chi connectivity index (χ1n) is 11.6. The molecule has 184 valence electrons. The molecule has 4 heterocycles. The normalized spacial score (nSPS) is 21.0. The van der Waals surface area contributed by atoms with Crippen LogP contribution in [0.1, 0.15) is 41.2 Å². The van der Waals surface area contributed by atoms with E-state index >= 15 is 0 Å². The second-order valence-corrected chi connectivity index (χ2v) is 8.95. The molecule has 2 saturated heterocycles. The van der Waals surface area contributed by atoms with E-state index < -0.39 is 12.8 Å². The summed E-state index contributed by atoms with van der Waals surface area (Å²) in [6.07, 6.45) is 3.41. The van der Waals surface area contributed by atoms with E-state index in [2.05, 4.69) is 15.4 Å². The number of aromatic nitrogens is 3. The van der Waals surface area contributed by atoms with Crippen LogP contribution in [0.5, 0.6) is 0 Å². The maximum atomic E-state index is 14.4. The number of piperidine rings is 1. The molecule has 2 N–H and O–H groups in total. The fraction of sp³-hybridized carbons (Fsp3) is 0.417. The van der Waals surface area contributed by atoms with Gasteiger partial charge in [0.1, 0.15) is 30.0 Å². The van der Waals surface area contributed by atoms with Crippen molar-refractivity contribution < 1.29 is 23.5 Å². The molecule has 0 spiro atoms. The molecule has 2 fully saturated rings. The number of amides is 2. The van der Waals surface area contributed by atoms with E-state index in [0.29, 0.717) is 48.5 Å². The molecule has 0 radical (unpaired) electrons. The zero-order valence-corrected chi connectivity index (χ0v) is 19.0. The van der Waals surface area contributed by atoms with Crippen LogP contribution in [0.4, 0.5) is 14.6 Å². The first-order valence-corrected chi connectivity index (χ1v) is 11.6. The number of benzene rings is 1. The Kier molecular flexibility index (Phi) is 6.33. The third kappa shape index (κ3) is 4.68. The van der Waals surface area contributed by atoms with Crippen molar-refractivity contribution in [2.75, 3.05) is 31.1 Å². The minimum atomic E-state index is -1.09. The van der Waals surface area contributed by atoms with Crippen molar-refractivity contribution in [3.63, 3.8) is 0 Å². The Morgan fingerprint density at radius 3 is 2.74 bits per heavy atom. The summed E-state index contributed by atoms with van der Waals surface area (Å²) in [5.41, 5.74) is 1.30. The number of hydrogen-bond acceptors (Lipinski definition) is 6. The topological polar surface area (TPSA) is 103 Å². The smallest absolute Gasteiger partial charge is 0.256 e. The highest BCUT2D eigenvalue weighted by Gasteiger charge is 2.35. The molecule has 0 bridgehead atoms. The van der Waals surface area contributed by atoms with Crippen molar-refractivity contribution in [1.29, 1.82) is 0 Å². The van der Waals surface area contributed by atoms with E-state index in [1.165, 1.54) is 22.8 Å². The Balaban J connectivity index is 1.35. The van der Waals surface area contributed by atoms with Crippen LogP contribution in [-0.4, -0.2) is 74.9 Å². The number of anilines is 1. The summed E-state index contributed by atoms with van der Waals surface area (Å²) in [4.78, 5) is 32.7. The lowest BCUT2D eigenvalue weighted by atomic mass is 10.0. The number of rotatable bonds is 5. The highest BCUT2D eigenvalue weighted by Crippen LogP contribution is 2.37. The van der Waals surface area contributed by atoms with Crippen LogP contribution < -0.4 is 10.2 Å². The number of aliphatic hydroxyl groups is 1. The Bertz CT molecular complexity index is 1240. The van der Waals surface area contributed by atoms with E-state index in [9.17, 15) is 18.4 Å². The van der Waals surface area contributed by atoms with Gasteiger partial charge in [0.15, 0.2) is 5.65 Å². The molecule has 2 aromatic heterocycles. The zero-order chi connectivity index (χ0) is 24.5. The number of hydrogen-bond donors (Lipinski definition) is 2. The van der Waals surface area contributed by atoms with E-state index in [1.807, 2.05) is 0 Å². The van der Waals surface area contributed by atoms with Crippen molar-refractivity contribution >= 4 is 23.3 Å². The molecular weight excluding hydrogens is 458 g/mol. The van der Waals surface area contributed by atoms with Gasteiger partial charge < -0.3 is 20.2 Å². The Hall–Kier alpha value is -3.60. The Morgan fingerprint density at radius 1 is 1.20 bits per heavy atom. The highest BCUT2D eigenvalue weighted by atomic mass is 19.1. The van der Waals surface area contributed by atoms with Crippen molar-refractivity contribution in [3.05, 3.63) is 59.7 Å². The van der Waals surface area contributed by atoms with E-state index in [1.54, 1.807) is 34.2 Å². The third-order valence-corrected chi connectivity index (χ3v) is 6.69. The monoisotopic (exact) mass is 484 g/mol. The van der Waals surface area contributed by atoms with Crippen molar-refractivity contribution in [2.45, 2.75) is 37.5 Å². The number of carbonyl (C=O) groups excluding carboxylic acids is 2. The minimum absolute atomic E-state index is 0.116. The quantitative estimate of drug-likeness (QED) is 0.573. The molecule has 3 aromatic rings. The molecule has 2 atom stereocenters. The van der Waals surface area contributed by atoms with Crippen LogP contribution >= 0.6 is 0 Å². The summed E-state index contributed by atoms with van der Waals surface area (Å²) >= 11 is 0. The summed E-state index contributed by atoms with van der Waals surface area (Å²) in [6.45, 7) is 0.517.